The van der Waals surface area contributed by atoms with E-state index in [1.54, 1.807) is 13.2 Å². The second-order valence-electron chi connectivity index (χ2n) is 4.90. The minimum Gasteiger partial charge on any atom is -0.493 e. The van der Waals surface area contributed by atoms with Gasteiger partial charge < -0.3 is 14.8 Å². The van der Waals surface area contributed by atoms with E-state index in [9.17, 15) is 9.59 Å². The van der Waals surface area contributed by atoms with Crippen LogP contribution < -0.4 is 14.8 Å². The molecule has 0 fully saturated rings. The van der Waals surface area contributed by atoms with E-state index in [0.717, 1.165) is 27.3 Å². The minimum absolute atomic E-state index is 0.260. The van der Waals surface area contributed by atoms with E-state index in [2.05, 4.69) is 32.9 Å². The summed E-state index contributed by atoms with van der Waals surface area (Å²) in [6, 6.07) is 3.72. The standard InChI is InChI=1S/C16H17IN2O4S/c1-4-5-23-14-11(17)6-10(7-12(14)22-3)8-13-15(21)19-16(24-13)18-9(2)20/h6-8H,4-5H2,1-3H3,(H,18,19,20,21)/b13-8-. The first kappa shape index (κ1) is 18.8. The molecule has 0 radical (unpaired) electrons. The number of nitrogens with zero attached hydrogens (tertiary/aromatic N) is 1. The number of hydrogen-bond donors (Lipinski definition) is 1. The molecule has 0 atom stereocenters. The second-order valence-corrected chi connectivity index (χ2v) is 7.09. The third-order valence-corrected chi connectivity index (χ3v) is 4.60. The van der Waals surface area contributed by atoms with E-state index in [1.807, 2.05) is 19.1 Å². The van der Waals surface area contributed by atoms with Crippen LogP contribution in [0.25, 0.3) is 6.08 Å². The molecule has 1 N–H and O–H groups in total. The number of nitrogens with one attached hydrogen (secondary N) is 1. The van der Waals surface area contributed by atoms with Gasteiger partial charge in [-0.2, -0.15) is 4.99 Å². The van der Waals surface area contributed by atoms with Gasteiger partial charge in [0, 0.05) is 6.92 Å². The molecule has 1 aromatic carbocycles. The Balaban J connectivity index is 2.26. The number of carbonyl (C=O) groups is 2. The van der Waals surface area contributed by atoms with Gasteiger partial charge in [-0.25, -0.2) is 0 Å². The van der Waals surface area contributed by atoms with Gasteiger partial charge in [0.25, 0.3) is 5.91 Å². The Hall–Kier alpha value is -1.55. The summed E-state index contributed by atoms with van der Waals surface area (Å²) in [5.41, 5.74) is 0.801. The van der Waals surface area contributed by atoms with E-state index in [1.165, 1.54) is 6.92 Å². The number of amidine groups is 1. The van der Waals surface area contributed by atoms with Crippen LogP contribution in [0.2, 0.25) is 0 Å². The Morgan fingerprint density at radius 1 is 1.46 bits per heavy atom. The molecule has 0 saturated heterocycles. The van der Waals surface area contributed by atoms with Crippen LogP contribution in [0.15, 0.2) is 22.0 Å². The Morgan fingerprint density at radius 2 is 2.21 bits per heavy atom. The molecule has 0 saturated carbocycles. The number of amides is 2. The number of halogens is 1. The highest BCUT2D eigenvalue weighted by Crippen LogP contribution is 2.36. The highest BCUT2D eigenvalue weighted by molar-refractivity contribution is 14.1. The fourth-order valence-electron chi connectivity index (χ4n) is 1.93. The number of hydrogen-bond acceptors (Lipinski definition) is 5. The molecule has 0 aromatic heterocycles. The number of thioether (sulfide) groups is 1. The maximum atomic E-state index is 11.9. The highest BCUT2D eigenvalue weighted by atomic mass is 127. The summed E-state index contributed by atoms with van der Waals surface area (Å²) in [7, 11) is 1.58. The van der Waals surface area contributed by atoms with Crippen LogP contribution in [0.1, 0.15) is 25.8 Å². The van der Waals surface area contributed by atoms with Crippen LogP contribution in [0.3, 0.4) is 0 Å². The lowest BCUT2D eigenvalue weighted by Gasteiger charge is -2.13. The van der Waals surface area contributed by atoms with Crippen LogP contribution in [0.4, 0.5) is 0 Å². The molecular formula is C16H17IN2O4S. The monoisotopic (exact) mass is 460 g/mol. The largest absolute Gasteiger partial charge is 0.493 e. The summed E-state index contributed by atoms with van der Waals surface area (Å²) in [6.45, 7) is 4.01. The zero-order chi connectivity index (χ0) is 17.7. The first-order chi connectivity index (χ1) is 11.4. The minimum atomic E-state index is -0.371. The van der Waals surface area contributed by atoms with Gasteiger partial charge in [0.05, 0.1) is 22.2 Å². The highest BCUT2D eigenvalue weighted by Gasteiger charge is 2.23. The zero-order valence-corrected chi connectivity index (χ0v) is 16.5. The van der Waals surface area contributed by atoms with Gasteiger partial charge in [0.15, 0.2) is 16.7 Å². The lowest BCUT2D eigenvalue weighted by Crippen LogP contribution is -2.23. The van der Waals surface area contributed by atoms with Crippen molar-refractivity contribution in [1.29, 1.82) is 0 Å². The van der Waals surface area contributed by atoms with Crippen molar-refractivity contribution in [2.75, 3.05) is 13.7 Å². The molecule has 1 aliphatic heterocycles. The third kappa shape index (κ3) is 4.73. The van der Waals surface area contributed by atoms with E-state index in [4.69, 9.17) is 9.47 Å². The Morgan fingerprint density at radius 3 is 2.83 bits per heavy atom. The molecule has 128 valence electrons. The Bertz CT molecular complexity index is 731. The number of benzene rings is 1. The van der Waals surface area contributed by atoms with Gasteiger partial charge in [0.1, 0.15) is 0 Å². The number of aliphatic imine (C=N–C) groups is 1. The van der Waals surface area contributed by atoms with E-state index < -0.39 is 0 Å². The number of carbonyl (C=O) groups excluding carboxylic acids is 2. The van der Waals surface area contributed by atoms with Crippen molar-refractivity contribution in [2.45, 2.75) is 20.3 Å². The smallest absolute Gasteiger partial charge is 0.286 e. The molecule has 6 nitrogen and oxygen atoms in total. The van der Waals surface area contributed by atoms with Crippen molar-refractivity contribution in [1.82, 2.24) is 5.32 Å². The maximum absolute atomic E-state index is 11.9. The van der Waals surface area contributed by atoms with Crippen molar-refractivity contribution in [2.24, 2.45) is 4.99 Å². The molecule has 2 amide bonds. The summed E-state index contributed by atoms with van der Waals surface area (Å²) in [5.74, 6) is 0.677. The lowest BCUT2D eigenvalue weighted by molar-refractivity contribution is -0.117. The first-order valence-electron chi connectivity index (χ1n) is 7.25. The molecular weight excluding hydrogens is 443 g/mol. The Labute approximate surface area is 158 Å². The molecule has 0 aliphatic carbocycles. The Kier molecular flexibility index (Phi) is 6.67. The van der Waals surface area contributed by atoms with Crippen LogP contribution >= 0.6 is 34.4 Å². The summed E-state index contributed by atoms with van der Waals surface area (Å²) in [6.07, 6.45) is 2.62. The van der Waals surface area contributed by atoms with Crippen molar-refractivity contribution >= 4 is 57.4 Å². The molecule has 2 rings (SSSR count). The van der Waals surface area contributed by atoms with Gasteiger partial charge >= 0.3 is 0 Å². The molecule has 0 unspecified atom stereocenters. The second kappa shape index (κ2) is 8.52. The quantitative estimate of drug-likeness (QED) is 0.540. The van der Waals surface area contributed by atoms with Crippen LogP contribution in [0, 0.1) is 3.57 Å². The van der Waals surface area contributed by atoms with Gasteiger partial charge in [-0.1, -0.05) is 6.92 Å². The fraction of sp³-hybridized carbons (Fsp3) is 0.312. The van der Waals surface area contributed by atoms with Crippen LogP contribution in [0.5, 0.6) is 11.5 Å². The van der Waals surface area contributed by atoms with Gasteiger partial charge in [-0.15, -0.1) is 0 Å². The average Bonchev–Trinajstić information content (AvgIpc) is 2.84. The molecule has 8 heteroatoms. The maximum Gasteiger partial charge on any atom is 0.286 e. The summed E-state index contributed by atoms with van der Waals surface area (Å²) < 4.78 is 12.0. The number of ether oxygens (including phenoxy) is 2. The molecule has 1 aliphatic rings. The van der Waals surface area contributed by atoms with E-state index in [-0.39, 0.29) is 11.8 Å². The van der Waals surface area contributed by atoms with Gasteiger partial charge in [-0.3, -0.25) is 9.59 Å². The van der Waals surface area contributed by atoms with Crippen molar-refractivity contribution in [3.63, 3.8) is 0 Å². The SMILES string of the molecule is CCCOc1c(I)cc(/C=C2\SC(NC(C)=O)=NC2=O)cc1OC. The van der Waals surface area contributed by atoms with Crippen molar-refractivity contribution in [3.05, 3.63) is 26.2 Å². The van der Waals surface area contributed by atoms with E-state index >= 15 is 0 Å². The molecule has 0 spiro atoms. The number of methoxy groups -OCH3 is 1. The summed E-state index contributed by atoms with van der Waals surface area (Å²) >= 11 is 3.31. The molecule has 24 heavy (non-hydrogen) atoms. The topological polar surface area (TPSA) is 77.0 Å². The molecule has 0 bridgehead atoms. The molecule has 1 aromatic rings. The van der Waals surface area contributed by atoms with Crippen LogP contribution in [-0.4, -0.2) is 30.7 Å². The normalized spacial score (nSPS) is 15.4. The lowest BCUT2D eigenvalue weighted by atomic mass is 10.2. The molecule has 1 heterocycles. The fourth-order valence-corrected chi connectivity index (χ4v) is 3.57. The number of rotatable bonds is 5. The van der Waals surface area contributed by atoms with E-state index in [0.29, 0.717) is 28.2 Å². The van der Waals surface area contributed by atoms with Crippen LogP contribution in [-0.2, 0) is 9.59 Å². The summed E-state index contributed by atoms with van der Waals surface area (Å²) in [4.78, 5) is 27.2. The summed E-state index contributed by atoms with van der Waals surface area (Å²) in [5, 5.41) is 2.82. The van der Waals surface area contributed by atoms with Crippen molar-refractivity contribution in [3.8, 4) is 11.5 Å². The predicted molar refractivity (Wildman–Crippen MR) is 103 cm³/mol. The first-order valence-corrected chi connectivity index (χ1v) is 9.14. The van der Waals surface area contributed by atoms with Gasteiger partial charge in [-0.05, 0) is 64.5 Å². The predicted octanol–water partition coefficient (Wildman–Crippen LogP) is 3.20. The zero-order valence-electron chi connectivity index (χ0n) is 13.5. The van der Waals surface area contributed by atoms with Gasteiger partial charge in [0.2, 0.25) is 5.91 Å². The third-order valence-electron chi connectivity index (χ3n) is 2.90. The average molecular weight is 460 g/mol. The van der Waals surface area contributed by atoms with Crippen molar-refractivity contribution < 1.29 is 19.1 Å².